The number of aliphatic hydroxyl groups is 1. The number of thioether (sulfide) groups is 1. The van der Waals surface area contributed by atoms with E-state index in [1.165, 1.54) is 11.8 Å². The maximum atomic E-state index is 9.98. The molecule has 0 aromatic carbocycles. The van der Waals surface area contributed by atoms with E-state index in [4.69, 9.17) is 0 Å². The Labute approximate surface area is 109 Å². The average Bonchev–Trinajstić information content (AvgIpc) is 2.82. The molecule has 0 bridgehead atoms. The largest absolute Gasteiger partial charge is 0.383 e. The fourth-order valence-electron chi connectivity index (χ4n) is 1.53. The summed E-state index contributed by atoms with van der Waals surface area (Å²) in [6.07, 6.45) is 6.40. The van der Waals surface area contributed by atoms with E-state index in [9.17, 15) is 5.11 Å². The van der Waals surface area contributed by atoms with Crippen molar-refractivity contribution in [1.82, 2.24) is 19.5 Å². The van der Waals surface area contributed by atoms with E-state index < -0.39 is 6.10 Å². The van der Waals surface area contributed by atoms with Gasteiger partial charge in [-0.05, 0) is 12.3 Å². The summed E-state index contributed by atoms with van der Waals surface area (Å²) in [5.74, 6) is 1.32. The molecule has 0 aliphatic rings. The van der Waals surface area contributed by atoms with Crippen molar-refractivity contribution in [1.29, 1.82) is 0 Å². The van der Waals surface area contributed by atoms with Crippen LogP contribution in [-0.2, 0) is 7.05 Å². The van der Waals surface area contributed by atoms with Crippen LogP contribution < -0.4 is 5.32 Å². The normalized spacial score (nSPS) is 12.4. The summed E-state index contributed by atoms with van der Waals surface area (Å²) in [4.78, 5) is 12.4. The van der Waals surface area contributed by atoms with Crippen molar-refractivity contribution in [3.8, 4) is 0 Å². The van der Waals surface area contributed by atoms with Gasteiger partial charge < -0.3 is 15.0 Å². The van der Waals surface area contributed by atoms with Crippen LogP contribution in [0.3, 0.4) is 0 Å². The minimum Gasteiger partial charge on any atom is -0.383 e. The summed E-state index contributed by atoms with van der Waals surface area (Å²) in [5.41, 5.74) is 0. The van der Waals surface area contributed by atoms with E-state index in [0.717, 1.165) is 0 Å². The quantitative estimate of drug-likeness (QED) is 0.622. The maximum Gasteiger partial charge on any atom is 0.189 e. The molecule has 2 aromatic heterocycles. The lowest BCUT2D eigenvalue weighted by atomic mass is 10.3. The van der Waals surface area contributed by atoms with Crippen molar-refractivity contribution in [2.45, 2.75) is 11.3 Å². The van der Waals surface area contributed by atoms with Gasteiger partial charge in [-0.15, -0.1) is 0 Å². The number of nitrogens with zero attached hydrogens (tertiary/aromatic N) is 4. The molecule has 0 aliphatic heterocycles. The van der Waals surface area contributed by atoms with Gasteiger partial charge in [0.05, 0.1) is 0 Å². The van der Waals surface area contributed by atoms with Gasteiger partial charge in [0.2, 0.25) is 0 Å². The molecule has 18 heavy (non-hydrogen) atoms. The number of hydrogen-bond acceptors (Lipinski definition) is 6. The highest BCUT2D eigenvalue weighted by atomic mass is 32.2. The van der Waals surface area contributed by atoms with E-state index in [-0.39, 0.29) is 0 Å². The molecule has 2 N–H and O–H groups in total. The molecule has 2 aromatic rings. The molecular weight excluding hydrogens is 250 g/mol. The van der Waals surface area contributed by atoms with E-state index in [2.05, 4.69) is 20.3 Å². The molecule has 0 radical (unpaired) electrons. The van der Waals surface area contributed by atoms with Crippen LogP contribution in [0.4, 0.5) is 5.82 Å². The second-order valence-electron chi connectivity index (χ2n) is 3.72. The Morgan fingerprint density at radius 2 is 2.28 bits per heavy atom. The lowest BCUT2D eigenvalue weighted by molar-refractivity contribution is 0.178. The highest BCUT2D eigenvalue weighted by Gasteiger charge is 2.12. The van der Waals surface area contributed by atoms with Gasteiger partial charge in [0.25, 0.3) is 0 Å². The van der Waals surface area contributed by atoms with Gasteiger partial charge in [-0.25, -0.2) is 15.0 Å². The number of aliphatic hydroxyl groups excluding tert-OH is 1. The van der Waals surface area contributed by atoms with Gasteiger partial charge >= 0.3 is 0 Å². The number of hydrogen-bond donors (Lipinski definition) is 2. The Morgan fingerprint density at radius 3 is 2.94 bits per heavy atom. The Morgan fingerprint density at radius 1 is 1.44 bits per heavy atom. The minimum absolute atomic E-state index is 0.357. The molecule has 7 heteroatoms. The highest BCUT2D eigenvalue weighted by molar-refractivity contribution is 7.98. The molecule has 2 rings (SSSR count). The number of nitrogens with one attached hydrogen (secondary N) is 1. The van der Waals surface area contributed by atoms with Crippen LogP contribution in [0.5, 0.6) is 0 Å². The average molecular weight is 265 g/mol. The Bertz CT molecular complexity index is 516. The number of rotatable bonds is 5. The minimum atomic E-state index is -0.669. The van der Waals surface area contributed by atoms with Crippen molar-refractivity contribution in [3.05, 3.63) is 30.5 Å². The van der Waals surface area contributed by atoms with Gasteiger partial charge in [0, 0.05) is 32.2 Å². The van der Waals surface area contributed by atoms with Crippen LogP contribution in [0.15, 0.2) is 29.8 Å². The van der Waals surface area contributed by atoms with Gasteiger partial charge in [-0.2, -0.15) is 0 Å². The summed E-state index contributed by atoms with van der Waals surface area (Å²) in [7, 11) is 1.85. The fraction of sp³-hybridized carbons (Fsp3) is 0.364. The van der Waals surface area contributed by atoms with Crippen molar-refractivity contribution in [2.24, 2.45) is 7.05 Å². The third-order valence-electron chi connectivity index (χ3n) is 2.45. The number of anilines is 1. The lowest BCUT2D eigenvalue weighted by Crippen LogP contribution is -2.16. The lowest BCUT2D eigenvalue weighted by Gasteiger charge is -2.12. The predicted octanol–water partition coefficient (Wildman–Crippen LogP) is 1.08. The highest BCUT2D eigenvalue weighted by Crippen LogP contribution is 2.13. The third kappa shape index (κ3) is 2.99. The first-order chi connectivity index (χ1) is 8.70. The van der Waals surface area contributed by atoms with Crippen molar-refractivity contribution in [2.75, 3.05) is 18.1 Å². The monoisotopic (exact) mass is 265 g/mol. The van der Waals surface area contributed by atoms with Crippen molar-refractivity contribution >= 4 is 17.6 Å². The summed E-state index contributed by atoms with van der Waals surface area (Å²) in [6, 6.07) is 1.77. The molecule has 1 unspecified atom stereocenters. The first-order valence-corrected chi connectivity index (χ1v) is 6.69. The molecular formula is C11H15N5OS. The van der Waals surface area contributed by atoms with Crippen LogP contribution >= 0.6 is 11.8 Å². The predicted molar refractivity (Wildman–Crippen MR) is 70.5 cm³/mol. The van der Waals surface area contributed by atoms with E-state index in [0.29, 0.717) is 23.3 Å². The summed E-state index contributed by atoms with van der Waals surface area (Å²) in [6.45, 7) is 0.357. The molecule has 0 spiro atoms. The van der Waals surface area contributed by atoms with Crippen molar-refractivity contribution in [3.63, 3.8) is 0 Å². The van der Waals surface area contributed by atoms with Gasteiger partial charge in [0.1, 0.15) is 17.7 Å². The third-order valence-corrected chi connectivity index (χ3v) is 3.01. The topological polar surface area (TPSA) is 75.9 Å². The number of aromatic nitrogens is 4. The standard InChI is InChI=1S/C11H15N5OS/c1-16-6-5-12-10(16)8(17)7-14-9-3-4-13-11(15-9)18-2/h3-6,8,17H,7H2,1-2H3,(H,13,14,15). The molecule has 0 amide bonds. The van der Waals surface area contributed by atoms with E-state index in [1.807, 2.05) is 13.3 Å². The molecule has 2 heterocycles. The van der Waals surface area contributed by atoms with Gasteiger partial charge in [-0.1, -0.05) is 11.8 Å². The second kappa shape index (κ2) is 5.83. The molecule has 1 atom stereocenters. The van der Waals surface area contributed by atoms with E-state index in [1.54, 1.807) is 29.2 Å². The van der Waals surface area contributed by atoms with E-state index >= 15 is 0 Å². The first-order valence-electron chi connectivity index (χ1n) is 5.47. The first kappa shape index (κ1) is 12.8. The maximum absolute atomic E-state index is 9.98. The van der Waals surface area contributed by atoms with Gasteiger partial charge in [-0.3, -0.25) is 0 Å². The smallest absolute Gasteiger partial charge is 0.189 e. The summed E-state index contributed by atoms with van der Waals surface area (Å²) in [5, 5.41) is 13.8. The van der Waals surface area contributed by atoms with Crippen LogP contribution in [-0.4, -0.2) is 37.4 Å². The molecule has 6 nitrogen and oxygen atoms in total. The fourth-order valence-corrected chi connectivity index (χ4v) is 1.88. The zero-order valence-corrected chi connectivity index (χ0v) is 11.1. The van der Waals surface area contributed by atoms with Crippen LogP contribution in [0.25, 0.3) is 0 Å². The van der Waals surface area contributed by atoms with Crippen LogP contribution in [0.1, 0.15) is 11.9 Å². The molecule has 96 valence electrons. The molecule has 0 aliphatic carbocycles. The number of aryl methyl sites for hydroxylation is 1. The second-order valence-corrected chi connectivity index (χ2v) is 4.50. The van der Waals surface area contributed by atoms with Crippen LogP contribution in [0, 0.1) is 0 Å². The van der Waals surface area contributed by atoms with Crippen molar-refractivity contribution < 1.29 is 5.11 Å². The summed E-state index contributed by atoms with van der Waals surface area (Å²) < 4.78 is 1.79. The number of imidazole rings is 1. The Hall–Kier alpha value is -1.60. The van der Waals surface area contributed by atoms with Crippen LogP contribution in [0.2, 0.25) is 0 Å². The zero-order chi connectivity index (χ0) is 13.0. The molecule has 0 fully saturated rings. The zero-order valence-electron chi connectivity index (χ0n) is 10.2. The Balaban J connectivity index is 1.97. The van der Waals surface area contributed by atoms with Gasteiger partial charge in [0.15, 0.2) is 5.16 Å². The SMILES string of the molecule is CSc1nccc(NCC(O)c2nccn2C)n1. The molecule has 0 saturated carbocycles. The molecule has 0 saturated heterocycles. The summed E-state index contributed by atoms with van der Waals surface area (Å²) >= 11 is 1.48. The Kier molecular flexibility index (Phi) is 4.16.